The van der Waals surface area contributed by atoms with E-state index in [9.17, 15) is 9.59 Å². The summed E-state index contributed by atoms with van der Waals surface area (Å²) in [6.45, 7) is 11.4. The van der Waals surface area contributed by atoms with Gasteiger partial charge in [0.1, 0.15) is 0 Å². The summed E-state index contributed by atoms with van der Waals surface area (Å²) in [6.07, 6.45) is 0. The highest BCUT2D eigenvalue weighted by molar-refractivity contribution is 5.87. The standard InChI is InChI=1S/C13H27N3O2/c1-12(2,3)10(14)11(18)16(7)8-9(17)15-13(4,5)6/h10H,8,14H2,1-7H3,(H,15,17)/t10-/m0/s1. The Morgan fingerprint density at radius 2 is 1.61 bits per heavy atom. The maximum Gasteiger partial charge on any atom is 0.240 e. The number of nitrogens with zero attached hydrogens (tertiary/aromatic N) is 1. The third-order valence-corrected chi connectivity index (χ3v) is 2.47. The molecule has 3 N–H and O–H groups in total. The molecule has 0 saturated carbocycles. The first-order chi connectivity index (χ1) is 7.84. The molecule has 5 heteroatoms. The molecule has 0 aliphatic heterocycles. The van der Waals surface area contributed by atoms with Crippen LogP contribution in [0.5, 0.6) is 0 Å². The number of hydrogen-bond donors (Lipinski definition) is 2. The molecule has 0 aromatic rings. The zero-order chi connectivity index (χ0) is 14.7. The zero-order valence-electron chi connectivity index (χ0n) is 12.6. The second-order valence-electron chi connectivity index (χ2n) is 6.84. The van der Waals surface area contributed by atoms with Crippen molar-refractivity contribution in [2.45, 2.75) is 53.1 Å². The number of nitrogens with one attached hydrogen (secondary N) is 1. The number of carbonyl (C=O) groups excluding carboxylic acids is 2. The van der Waals surface area contributed by atoms with Gasteiger partial charge in [-0.05, 0) is 26.2 Å². The van der Waals surface area contributed by atoms with Crippen LogP contribution in [0.2, 0.25) is 0 Å². The van der Waals surface area contributed by atoms with Gasteiger partial charge in [-0.2, -0.15) is 0 Å². The number of amides is 2. The predicted molar refractivity (Wildman–Crippen MR) is 73.0 cm³/mol. The molecule has 0 rings (SSSR count). The smallest absolute Gasteiger partial charge is 0.240 e. The van der Waals surface area contributed by atoms with Crippen LogP contribution in [0.4, 0.5) is 0 Å². The summed E-state index contributed by atoms with van der Waals surface area (Å²) < 4.78 is 0. The van der Waals surface area contributed by atoms with Gasteiger partial charge in [0.15, 0.2) is 0 Å². The molecule has 1 atom stereocenters. The van der Waals surface area contributed by atoms with E-state index in [0.717, 1.165) is 0 Å². The normalized spacial score (nSPS) is 14.0. The summed E-state index contributed by atoms with van der Waals surface area (Å²) in [5.74, 6) is -0.397. The minimum atomic E-state index is -0.607. The fourth-order valence-electron chi connectivity index (χ4n) is 1.36. The Hall–Kier alpha value is -1.10. The fourth-order valence-corrected chi connectivity index (χ4v) is 1.36. The third-order valence-electron chi connectivity index (χ3n) is 2.47. The van der Waals surface area contributed by atoms with Crippen molar-refractivity contribution in [1.82, 2.24) is 10.2 Å². The second-order valence-corrected chi connectivity index (χ2v) is 6.84. The van der Waals surface area contributed by atoms with Crippen molar-refractivity contribution < 1.29 is 9.59 Å². The molecule has 0 radical (unpaired) electrons. The molecule has 2 amide bonds. The first kappa shape index (κ1) is 16.9. The van der Waals surface area contributed by atoms with E-state index < -0.39 is 6.04 Å². The van der Waals surface area contributed by atoms with Gasteiger partial charge >= 0.3 is 0 Å². The maximum absolute atomic E-state index is 12.0. The Morgan fingerprint density at radius 3 is 1.94 bits per heavy atom. The molecule has 0 aliphatic carbocycles. The average Bonchev–Trinajstić information content (AvgIpc) is 2.10. The summed E-state index contributed by atoms with van der Waals surface area (Å²) in [5, 5.41) is 2.81. The Labute approximate surface area is 110 Å². The van der Waals surface area contributed by atoms with Crippen molar-refractivity contribution in [3.63, 3.8) is 0 Å². The van der Waals surface area contributed by atoms with E-state index in [2.05, 4.69) is 5.32 Å². The predicted octanol–water partition coefficient (Wildman–Crippen LogP) is 0.733. The van der Waals surface area contributed by atoms with Crippen LogP contribution in [0.1, 0.15) is 41.5 Å². The van der Waals surface area contributed by atoms with Crippen LogP contribution in [0.15, 0.2) is 0 Å². The monoisotopic (exact) mass is 257 g/mol. The molecule has 0 bridgehead atoms. The highest BCUT2D eigenvalue weighted by Gasteiger charge is 2.30. The number of likely N-dealkylation sites (N-methyl/N-ethyl adjacent to an activating group) is 1. The van der Waals surface area contributed by atoms with E-state index in [1.54, 1.807) is 7.05 Å². The molecule has 0 aromatic heterocycles. The van der Waals surface area contributed by atoms with Crippen LogP contribution in [0, 0.1) is 5.41 Å². The van der Waals surface area contributed by atoms with Crippen molar-refractivity contribution in [2.75, 3.05) is 13.6 Å². The van der Waals surface area contributed by atoms with Gasteiger partial charge in [-0.25, -0.2) is 0 Å². The van der Waals surface area contributed by atoms with Crippen LogP contribution in [0.3, 0.4) is 0 Å². The van der Waals surface area contributed by atoms with Gasteiger partial charge in [0, 0.05) is 12.6 Å². The van der Waals surface area contributed by atoms with Crippen molar-refractivity contribution in [1.29, 1.82) is 0 Å². The van der Waals surface area contributed by atoms with Crippen molar-refractivity contribution >= 4 is 11.8 Å². The van der Waals surface area contributed by atoms with E-state index in [1.807, 2.05) is 41.5 Å². The molecule has 5 nitrogen and oxygen atoms in total. The van der Waals surface area contributed by atoms with Crippen molar-refractivity contribution in [2.24, 2.45) is 11.1 Å². The van der Waals surface area contributed by atoms with Crippen LogP contribution < -0.4 is 11.1 Å². The molecule has 18 heavy (non-hydrogen) atoms. The lowest BCUT2D eigenvalue weighted by Gasteiger charge is -2.30. The van der Waals surface area contributed by atoms with Crippen LogP contribution >= 0.6 is 0 Å². The molecule has 106 valence electrons. The first-order valence-electron chi connectivity index (χ1n) is 6.16. The zero-order valence-corrected chi connectivity index (χ0v) is 12.6. The van der Waals surface area contributed by atoms with Crippen molar-refractivity contribution in [3.05, 3.63) is 0 Å². The molecular formula is C13H27N3O2. The lowest BCUT2D eigenvalue weighted by atomic mass is 9.86. The minimum Gasteiger partial charge on any atom is -0.350 e. The SMILES string of the molecule is CN(CC(=O)NC(C)(C)C)C(=O)[C@H](N)C(C)(C)C. The number of nitrogens with two attached hydrogens (primary N) is 1. The molecule has 0 aromatic carbocycles. The minimum absolute atomic E-state index is 0.0277. The van der Waals surface area contributed by atoms with E-state index >= 15 is 0 Å². The molecule has 0 aliphatic rings. The fraction of sp³-hybridized carbons (Fsp3) is 0.846. The van der Waals surface area contributed by atoms with Gasteiger partial charge in [-0.15, -0.1) is 0 Å². The lowest BCUT2D eigenvalue weighted by Crippen LogP contribution is -2.52. The van der Waals surface area contributed by atoms with Crippen LogP contribution in [0.25, 0.3) is 0 Å². The Morgan fingerprint density at radius 1 is 1.17 bits per heavy atom. The topological polar surface area (TPSA) is 75.4 Å². The van der Waals surface area contributed by atoms with Gasteiger partial charge in [-0.1, -0.05) is 20.8 Å². The summed E-state index contributed by atoms with van der Waals surface area (Å²) in [6, 6.07) is -0.607. The van der Waals surface area contributed by atoms with E-state index in [1.165, 1.54) is 4.90 Å². The van der Waals surface area contributed by atoms with Gasteiger partial charge in [0.2, 0.25) is 11.8 Å². The first-order valence-corrected chi connectivity index (χ1v) is 6.16. The summed E-state index contributed by atoms with van der Waals surface area (Å²) in [4.78, 5) is 25.1. The molecule has 0 unspecified atom stereocenters. The highest BCUT2D eigenvalue weighted by Crippen LogP contribution is 2.18. The molecule has 0 saturated heterocycles. The quantitative estimate of drug-likeness (QED) is 0.782. The molecule has 0 fully saturated rings. The Bertz CT molecular complexity index is 313. The van der Waals surface area contributed by atoms with Crippen molar-refractivity contribution in [3.8, 4) is 0 Å². The van der Waals surface area contributed by atoms with E-state index in [-0.39, 0.29) is 29.3 Å². The lowest BCUT2D eigenvalue weighted by molar-refractivity contribution is -0.138. The number of hydrogen-bond acceptors (Lipinski definition) is 3. The van der Waals surface area contributed by atoms with Gasteiger partial charge in [0.25, 0.3) is 0 Å². The number of carbonyl (C=O) groups is 2. The second kappa shape index (κ2) is 5.69. The van der Waals surface area contributed by atoms with E-state index in [4.69, 9.17) is 5.73 Å². The third kappa shape index (κ3) is 6.00. The Kier molecular flexibility index (Phi) is 5.35. The highest BCUT2D eigenvalue weighted by atomic mass is 16.2. The molecule has 0 heterocycles. The average molecular weight is 257 g/mol. The van der Waals surface area contributed by atoms with Crippen LogP contribution in [-0.4, -0.2) is 41.9 Å². The van der Waals surface area contributed by atoms with Gasteiger partial charge in [0.05, 0.1) is 12.6 Å². The summed E-state index contributed by atoms with van der Waals surface area (Å²) in [7, 11) is 1.59. The molecule has 0 spiro atoms. The maximum atomic E-state index is 12.0. The van der Waals surface area contributed by atoms with E-state index in [0.29, 0.717) is 0 Å². The summed E-state index contributed by atoms with van der Waals surface area (Å²) in [5.41, 5.74) is 5.26. The molecular weight excluding hydrogens is 230 g/mol. The summed E-state index contributed by atoms with van der Waals surface area (Å²) >= 11 is 0. The largest absolute Gasteiger partial charge is 0.350 e. The Balaban J connectivity index is 4.46. The van der Waals surface area contributed by atoms with Gasteiger partial charge < -0.3 is 16.0 Å². The van der Waals surface area contributed by atoms with Gasteiger partial charge in [-0.3, -0.25) is 9.59 Å². The van der Waals surface area contributed by atoms with Crippen LogP contribution in [-0.2, 0) is 9.59 Å². The number of rotatable bonds is 3.